The van der Waals surface area contributed by atoms with E-state index in [0.717, 1.165) is 6.54 Å². The number of nitrogens with two attached hydrogens (primary N) is 1. The van der Waals surface area contributed by atoms with Crippen molar-refractivity contribution in [3.8, 4) is 5.75 Å². The molecule has 0 aromatic heterocycles. The molecule has 0 unspecified atom stereocenters. The van der Waals surface area contributed by atoms with Crippen molar-refractivity contribution in [1.82, 2.24) is 9.62 Å². The quantitative estimate of drug-likeness (QED) is 0.391. The number of phenolic OH excluding ortho intramolecular Hbond substituents is 1. The van der Waals surface area contributed by atoms with Crippen LogP contribution in [-0.2, 0) is 10.0 Å². The first-order valence-corrected chi connectivity index (χ1v) is 7.05. The summed E-state index contributed by atoms with van der Waals surface area (Å²) in [6.45, 7) is 1.10. The molecule has 0 radical (unpaired) electrons. The number of nitrogens with one attached hydrogen (secondary N) is 1. The topological polar surface area (TPSA) is 95.7 Å². The van der Waals surface area contributed by atoms with Crippen LogP contribution in [0.3, 0.4) is 0 Å². The molecule has 0 saturated heterocycles. The Bertz CT molecular complexity index is 500. The maximum Gasteiger partial charge on any atom is 0.244 e. The zero-order valence-electron chi connectivity index (χ0n) is 10.5. The lowest BCUT2D eigenvalue weighted by molar-refractivity contribution is 0.399. The molecule has 102 valence electrons. The Morgan fingerprint density at radius 2 is 2.06 bits per heavy atom. The highest BCUT2D eigenvalue weighted by molar-refractivity contribution is 7.89. The number of anilines is 1. The van der Waals surface area contributed by atoms with Gasteiger partial charge in [-0.2, -0.15) is 0 Å². The van der Waals surface area contributed by atoms with E-state index < -0.39 is 15.8 Å². The highest BCUT2D eigenvalue weighted by Crippen LogP contribution is 2.28. The Balaban J connectivity index is 2.72. The second-order valence-corrected chi connectivity index (χ2v) is 5.98. The van der Waals surface area contributed by atoms with Gasteiger partial charge in [0.2, 0.25) is 10.0 Å². The Labute approximate surface area is 107 Å². The van der Waals surface area contributed by atoms with Gasteiger partial charge in [-0.1, -0.05) is 6.07 Å². The highest BCUT2D eigenvalue weighted by Gasteiger charge is 2.19. The third-order valence-corrected chi connectivity index (χ3v) is 3.89. The predicted octanol–water partition coefficient (Wildman–Crippen LogP) is 0.204. The minimum Gasteiger partial charge on any atom is -0.504 e. The molecule has 1 aromatic rings. The van der Waals surface area contributed by atoms with Gasteiger partial charge in [-0.05, 0) is 39.2 Å². The van der Waals surface area contributed by atoms with Crippen LogP contribution >= 0.6 is 0 Å². The van der Waals surface area contributed by atoms with Crippen molar-refractivity contribution < 1.29 is 13.5 Å². The molecular weight excluding hydrogens is 254 g/mol. The van der Waals surface area contributed by atoms with E-state index in [2.05, 4.69) is 4.72 Å². The summed E-state index contributed by atoms with van der Waals surface area (Å²) in [6.07, 6.45) is 0.690. The summed E-state index contributed by atoms with van der Waals surface area (Å²) in [5.74, 6) is -0.405. The first-order valence-electron chi connectivity index (χ1n) is 5.56. The van der Waals surface area contributed by atoms with Gasteiger partial charge in [0.1, 0.15) is 4.90 Å². The molecule has 18 heavy (non-hydrogen) atoms. The van der Waals surface area contributed by atoms with E-state index in [1.165, 1.54) is 18.2 Å². The Hall–Kier alpha value is -1.31. The molecule has 0 heterocycles. The van der Waals surface area contributed by atoms with Gasteiger partial charge in [0.05, 0.1) is 5.69 Å². The number of phenols is 1. The van der Waals surface area contributed by atoms with E-state index in [1.807, 2.05) is 19.0 Å². The number of nitrogen functional groups attached to an aromatic ring is 1. The molecule has 1 aromatic carbocycles. The minimum absolute atomic E-state index is 0.0474. The van der Waals surface area contributed by atoms with Crippen LogP contribution in [0.25, 0.3) is 0 Å². The molecule has 0 aliphatic heterocycles. The van der Waals surface area contributed by atoms with Crippen LogP contribution in [0.5, 0.6) is 5.75 Å². The zero-order chi connectivity index (χ0) is 13.8. The largest absolute Gasteiger partial charge is 0.504 e. The number of hydrogen-bond donors (Lipinski definition) is 3. The first kappa shape index (κ1) is 14.7. The molecule has 6 nitrogen and oxygen atoms in total. The van der Waals surface area contributed by atoms with Crippen LogP contribution in [-0.4, -0.2) is 45.6 Å². The monoisotopic (exact) mass is 273 g/mol. The Morgan fingerprint density at radius 1 is 1.39 bits per heavy atom. The van der Waals surface area contributed by atoms with Crippen LogP contribution in [0.4, 0.5) is 5.69 Å². The zero-order valence-corrected chi connectivity index (χ0v) is 11.4. The summed E-state index contributed by atoms with van der Waals surface area (Å²) >= 11 is 0. The normalized spacial score (nSPS) is 11.9. The van der Waals surface area contributed by atoms with Crippen molar-refractivity contribution in [2.45, 2.75) is 11.3 Å². The first-order chi connectivity index (χ1) is 8.34. The van der Waals surface area contributed by atoms with Gasteiger partial charge >= 0.3 is 0 Å². The van der Waals surface area contributed by atoms with Crippen molar-refractivity contribution in [2.75, 3.05) is 32.9 Å². The molecule has 0 spiro atoms. The van der Waals surface area contributed by atoms with Crippen LogP contribution in [0.2, 0.25) is 0 Å². The lowest BCUT2D eigenvalue weighted by Gasteiger charge is -2.11. The maximum absolute atomic E-state index is 11.9. The van der Waals surface area contributed by atoms with Crippen LogP contribution in [0, 0.1) is 0 Å². The molecule has 7 heteroatoms. The van der Waals surface area contributed by atoms with Gasteiger partial charge in [0, 0.05) is 6.54 Å². The van der Waals surface area contributed by atoms with E-state index in [1.54, 1.807) is 0 Å². The molecule has 0 saturated carbocycles. The number of nitrogens with zero attached hydrogens (tertiary/aromatic N) is 1. The van der Waals surface area contributed by atoms with Crippen molar-refractivity contribution in [2.24, 2.45) is 0 Å². The molecule has 0 amide bonds. The molecule has 1 rings (SSSR count). The van der Waals surface area contributed by atoms with Gasteiger partial charge in [0.15, 0.2) is 5.75 Å². The number of sulfonamides is 1. The lowest BCUT2D eigenvalue weighted by Crippen LogP contribution is -2.27. The van der Waals surface area contributed by atoms with Gasteiger partial charge in [0.25, 0.3) is 0 Å². The average Bonchev–Trinajstić information content (AvgIpc) is 2.28. The Morgan fingerprint density at radius 3 is 2.67 bits per heavy atom. The van der Waals surface area contributed by atoms with Gasteiger partial charge < -0.3 is 15.7 Å². The summed E-state index contributed by atoms with van der Waals surface area (Å²) in [7, 11) is 0.120. The molecule has 0 aliphatic carbocycles. The fourth-order valence-corrected chi connectivity index (χ4v) is 2.63. The summed E-state index contributed by atoms with van der Waals surface area (Å²) in [5.41, 5.74) is 5.51. The SMILES string of the molecule is CN(C)CCCNS(=O)(=O)c1cccc(N)c1O. The second-order valence-electron chi connectivity index (χ2n) is 4.25. The minimum atomic E-state index is -3.71. The average molecular weight is 273 g/mol. The summed E-state index contributed by atoms with van der Waals surface area (Å²) in [4.78, 5) is 1.78. The van der Waals surface area contributed by atoms with Crippen molar-refractivity contribution in [1.29, 1.82) is 0 Å². The fraction of sp³-hybridized carbons (Fsp3) is 0.455. The highest BCUT2D eigenvalue weighted by atomic mass is 32.2. The third-order valence-electron chi connectivity index (χ3n) is 2.39. The van der Waals surface area contributed by atoms with Crippen molar-refractivity contribution in [3.05, 3.63) is 18.2 Å². The number of benzene rings is 1. The van der Waals surface area contributed by atoms with Crippen molar-refractivity contribution >= 4 is 15.7 Å². The van der Waals surface area contributed by atoms with Crippen LogP contribution in [0.15, 0.2) is 23.1 Å². The molecule has 0 fully saturated rings. The lowest BCUT2D eigenvalue weighted by atomic mass is 10.3. The summed E-state index contributed by atoms with van der Waals surface area (Å²) in [5, 5.41) is 9.63. The molecule has 0 atom stereocenters. The van der Waals surface area contributed by atoms with E-state index in [4.69, 9.17) is 5.73 Å². The molecule has 0 aliphatic rings. The fourth-order valence-electron chi connectivity index (χ4n) is 1.44. The van der Waals surface area contributed by atoms with E-state index in [9.17, 15) is 13.5 Å². The standard InChI is InChI=1S/C11H19N3O3S/c1-14(2)8-4-7-13-18(16,17)10-6-3-5-9(12)11(10)15/h3,5-6,13,15H,4,7-8,12H2,1-2H3. The molecular formula is C11H19N3O3S. The van der Waals surface area contributed by atoms with Gasteiger partial charge in [-0.15, -0.1) is 0 Å². The van der Waals surface area contributed by atoms with E-state index in [-0.39, 0.29) is 10.6 Å². The predicted molar refractivity (Wildman–Crippen MR) is 70.9 cm³/mol. The van der Waals surface area contributed by atoms with Gasteiger partial charge in [-0.3, -0.25) is 0 Å². The number of hydrogen-bond acceptors (Lipinski definition) is 5. The van der Waals surface area contributed by atoms with E-state index in [0.29, 0.717) is 13.0 Å². The van der Waals surface area contributed by atoms with Crippen LogP contribution < -0.4 is 10.5 Å². The van der Waals surface area contributed by atoms with E-state index >= 15 is 0 Å². The summed E-state index contributed by atoms with van der Waals surface area (Å²) < 4.78 is 26.2. The summed E-state index contributed by atoms with van der Waals surface area (Å²) in [6, 6.07) is 4.25. The maximum atomic E-state index is 11.9. The number of rotatable bonds is 6. The smallest absolute Gasteiger partial charge is 0.244 e. The third kappa shape index (κ3) is 3.86. The molecule has 4 N–H and O–H groups in total. The van der Waals surface area contributed by atoms with Crippen LogP contribution in [0.1, 0.15) is 6.42 Å². The molecule has 0 bridgehead atoms. The van der Waals surface area contributed by atoms with Gasteiger partial charge in [-0.25, -0.2) is 13.1 Å². The Kier molecular flexibility index (Phi) is 4.94. The number of para-hydroxylation sites is 1. The van der Waals surface area contributed by atoms with Crippen molar-refractivity contribution in [3.63, 3.8) is 0 Å². The second kappa shape index (κ2) is 6.03. The number of aromatic hydroxyl groups is 1.